The van der Waals surface area contributed by atoms with Gasteiger partial charge in [-0.15, -0.1) is 11.3 Å². The number of amides is 4. The van der Waals surface area contributed by atoms with Gasteiger partial charge in [0.15, 0.2) is 0 Å². The number of nitrogens with two attached hydrogens (primary N) is 1. The Labute approximate surface area is 150 Å². The number of carbonyl (C=O) groups is 3. The van der Waals surface area contributed by atoms with Gasteiger partial charge in [-0.05, 0) is 35.6 Å². The van der Waals surface area contributed by atoms with E-state index in [0.29, 0.717) is 10.6 Å². The van der Waals surface area contributed by atoms with Crippen molar-refractivity contribution in [3.8, 4) is 0 Å². The van der Waals surface area contributed by atoms with Crippen molar-refractivity contribution < 1.29 is 14.4 Å². The lowest BCUT2D eigenvalue weighted by Crippen LogP contribution is -2.49. The molecule has 8 heteroatoms. The van der Waals surface area contributed by atoms with Crippen LogP contribution in [0.5, 0.6) is 0 Å². The number of anilines is 1. The fourth-order valence-electron chi connectivity index (χ4n) is 2.32. The highest BCUT2D eigenvalue weighted by atomic mass is 32.1. The summed E-state index contributed by atoms with van der Waals surface area (Å²) < 4.78 is 0.952. The number of hydrogen-bond acceptors (Lipinski definition) is 4. The first-order chi connectivity index (χ1) is 11.7. The number of rotatable bonds is 5. The van der Waals surface area contributed by atoms with E-state index in [1.807, 2.05) is 6.07 Å². The molecule has 7 nitrogen and oxygen atoms in total. The van der Waals surface area contributed by atoms with E-state index in [2.05, 4.69) is 10.6 Å². The first kappa shape index (κ1) is 18.7. The molecule has 0 radical (unpaired) electrons. The molecule has 0 unspecified atom stereocenters. The monoisotopic (exact) mass is 362 g/mol. The Bertz CT molecular complexity index is 813. The maximum atomic E-state index is 12.1. The van der Waals surface area contributed by atoms with Crippen LogP contribution in [0, 0.1) is 5.92 Å². The predicted octanol–water partition coefficient (Wildman–Crippen LogP) is 2.23. The molecule has 0 aliphatic rings. The van der Waals surface area contributed by atoms with Crippen molar-refractivity contribution in [2.45, 2.75) is 19.9 Å². The van der Waals surface area contributed by atoms with Crippen LogP contribution in [0.2, 0.25) is 0 Å². The zero-order chi connectivity index (χ0) is 18.7. The number of nitrogens with one attached hydrogen (secondary N) is 2. The molecule has 2 aromatic rings. The van der Waals surface area contributed by atoms with Crippen LogP contribution in [-0.4, -0.2) is 42.9 Å². The van der Waals surface area contributed by atoms with Gasteiger partial charge in [0.05, 0.1) is 4.88 Å². The molecular formula is C17H22N4O3S. The van der Waals surface area contributed by atoms with E-state index in [1.165, 1.54) is 16.2 Å². The van der Waals surface area contributed by atoms with E-state index >= 15 is 0 Å². The maximum Gasteiger partial charge on any atom is 0.319 e. The van der Waals surface area contributed by atoms with E-state index in [9.17, 15) is 14.4 Å². The minimum Gasteiger partial charge on any atom is -0.368 e. The van der Waals surface area contributed by atoms with Crippen molar-refractivity contribution in [1.82, 2.24) is 10.2 Å². The van der Waals surface area contributed by atoms with E-state index in [1.54, 1.807) is 46.1 Å². The zero-order valence-electron chi connectivity index (χ0n) is 14.6. The lowest BCUT2D eigenvalue weighted by Gasteiger charge is -2.19. The van der Waals surface area contributed by atoms with Gasteiger partial charge >= 0.3 is 6.03 Å². The van der Waals surface area contributed by atoms with Gasteiger partial charge in [-0.3, -0.25) is 9.59 Å². The van der Waals surface area contributed by atoms with Gasteiger partial charge < -0.3 is 21.3 Å². The number of primary amides is 1. The third kappa shape index (κ3) is 4.48. The molecule has 0 aliphatic carbocycles. The van der Waals surface area contributed by atoms with Gasteiger partial charge in [-0.1, -0.05) is 13.8 Å². The molecule has 25 heavy (non-hydrogen) atoms. The molecule has 1 heterocycles. The minimum absolute atomic E-state index is 0.0605. The second-order valence-corrected chi connectivity index (χ2v) is 7.37. The highest BCUT2D eigenvalue weighted by molar-refractivity contribution is 7.20. The average molecular weight is 362 g/mol. The fourth-order valence-corrected chi connectivity index (χ4v) is 3.39. The van der Waals surface area contributed by atoms with Crippen LogP contribution in [0.15, 0.2) is 24.3 Å². The largest absolute Gasteiger partial charge is 0.368 e. The molecule has 134 valence electrons. The summed E-state index contributed by atoms with van der Waals surface area (Å²) in [7, 11) is 3.40. The maximum absolute atomic E-state index is 12.1. The molecule has 0 saturated heterocycles. The summed E-state index contributed by atoms with van der Waals surface area (Å²) in [6.07, 6.45) is 0. The molecule has 1 aromatic heterocycles. The summed E-state index contributed by atoms with van der Waals surface area (Å²) in [5.74, 6) is -0.748. The lowest BCUT2D eigenvalue weighted by molar-refractivity contribution is -0.120. The normalized spacial score (nSPS) is 12.0. The fraction of sp³-hybridized carbons (Fsp3) is 0.353. The Morgan fingerprint density at radius 3 is 2.40 bits per heavy atom. The Morgan fingerprint density at radius 1 is 1.16 bits per heavy atom. The number of urea groups is 1. The third-order valence-electron chi connectivity index (χ3n) is 3.65. The number of hydrogen-bond donors (Lipinski definition) is 3. The highest BCUT2D eigenvalue weighted by Gasteiger charge is 2.21. The molecule has 4 N–H and O–H groups in total. The molecule has 0 spiro atoms. The van der Waals surface area contributed by atoms with E-state index in [-0.39, 0.29) is 11.8 Å². The van der Waals surface area contributed by atoms with Crippen molar-refractivity contribution in [3.63, 3.8) is 0 Å². The van der Waals surface area contributed by atoms with Crippen LogP contribution in [0.1, 0.15) is 23.5 Å². The van der Waals surface area contributed by atoms with Crippen LogP contribution >= 0.6 is 11.3 Å². The van der Waals surface area contributed by atoms with Crippen LogP contribution < -0.4 is 16.4 Å². The zero-order valence-corrected chi connectivity index (χ0v) is 15.4. The molecule has 0 fully saturated rings. The second-order valence-electron chi connectivity index (χ2n) is 6.29. The number of thiophene rings is 1. The summed E-state index contributed by atoms with van der Waals surface area (Å²) in [4.78, 5) is 37.6. The topological polar surface area (TPSA) is 105 Å². The predicted molar refractivity (Wildman–Crippen MR) is 99.8 cm³/mol. The van der Waals surface area contributed by atoms with Gasteiger partial charge in [0.2, 0.25) is 5.91 Å². The van der Waals surface area contributed by atoms with E-state index in [4.69, 9.17) is 5.73 Å². The minimum atomic E-state index is -0.741. The number of fused-ring (bicyclic) bond motifs is 1. The van der Waals surface area contributed by atoms with Crippen LogP contribution in [0.3, 0.4) is 0 Å². The second kappa shape index (κ2) is 7.52. The first-order valence-corrected chi connectivity index (χ1v) is 8.62. The molecule has 0 bridgehead atoms. The van der Waals surface area contributed by atoms with E-state index in [0.717, 1.165) is 10.1 Å². The molecule has 0 aliphatic heterocycles. The Kier molecular flexibility index (Phi) is 5.63. The molecule has 1 aromatic carbocycles. The van der Waals surface area contributed by atoms with Crippen LogP contribution in [0.4, 0.5) is 10.5 Å². The Balaban J connectivity index is 2.15. The van der Waals surface area contributed by atoms with Crippen molar-refractivity contribution in [2.75, 3.05) is 19.4 Å². The molecular weight excluding hydrogens is 340 g/mol. The van der Waals surface area contributed by atoms with Crippen molar-refractivity contribution in [1.29, 1.82) is 0 Å². The number of nitrogens with zero attached hydrogens (tertiary/aromatic N) is 1. The standard InChI is InChI=1S/C17H22N4O3S/c1-9(2)14(15(18)22)20-17(24)19-11-5-6-12-10(7-11)8-13(25-12)16(23)21(3)4/h5-9,14H,1-4H3,(H2,18,22)(H2,19,20,24)/t14-/m0/s1. The van der Waals surface area contributed by atoms with Crippen LogP contribution in [0.25, 0.3) is 10.1 Å². The SMILES string of the molecule is CC(C)[C@H](NC(=O)Nc1ccc2sc(C(=O)N(C)C)cc2c1)C(N)=O. The van der Waals surface area contributed by atoms with Crippen molar-refractivity contribution in [3.05, 3.63) is 29.1 Å². The Hall–Kier alpha value is -2.61. The molecule has 1 atom stereocenters. The van der Waals surface area contributed by atoms with Gasteiger partial charge in [0.1, 0.15) is 6.04 Å². The van der Waals surface area contributed by atoms with Gasteiger partial charge in [-0.2, -0.15) is 0 Å². The van der Waals surface area contributed by atoms with Gasteiger partial charge in [0.25, 0.3) is 5.91 Å². The van der Waals surface area contributed by atoms with Crippen molar-refractivity contribution in [2.24, 2.45) is 11.7 Å². The highest BCUT2D eigenvalue weighted by Crippen LogP contribution is 2.28. The lowest BCUT2D eigenvalue weighted by atomic mass is 10.0. The van der Waals surface area contributed by atoms with E-state index < -0.39 is 18.0 Å². The smallest absolute Gasteiger partial charge is 0.319 e. The van der Waals surface area contributed by atoms with Gasteiger partial charge in [0, 0.05) is 24.5 Å². The number of benzene rings is 1. The van der Waals surface area contributed by atoms with Crippen molar-refractivity contribution >= 4 is 45.0 Å². The summed E-state index contributed by atoms with van der Waals surface area (Å²) in [5, 5.41) is 6.12. The molecule has 0 saturated carbocycles. The first-order valence-electron chi connectivity index (χ1n) is 7.81. The summed E-state index contributed by atoms with van der Waals surface area (Å²) in [6.45, 7) is 3.60. The number of carbonyl (C=O) groups excluding carboxylic acids is 3. The summed E-state index contributed by atoms with van der Waals surface area (Å²) in [5.41, 5.74) is 5.86. The molecule has 4 amide bonds. The molecule has 2 rings (SSSR count). The Morgan fingerprint density at radius 2 is 1.84 bits per heavy atom. The summed E-state index contributed by atoms with van der Waals surface area (Å²) >= 11 is 1.40. The average Bonchev–Trinajstić information content (AvgIpc) is 2.94. The summed E-state index contributed by atoms with van der Waals surface area (Å²) in [6, 6.07) is 5.93. The van der Waals surface area contributed by atoms with Gasteiger partial charge in [-0.25, -0.2) is 4.79 Å². The quantitative estimate of drug-likeness (QED) is 0.759. The third-order valence-corrected chi connectivity index (χ3v) is 4.76. The van der Waals surface area contributed by atoms with Crippen LogP contribution in [-0.2, 0) is 4.79 Å².